The van der Waals surface area contributed by atoms with Gasteiger partial charge in [-0.1, -0.05) is 0 Å². The molecule has 1 aliphatic heterocycles. The minimum atomic E-state index is -5.33. The quantitative estimate of drug-likeness (QED) is 0.366. The van der Waals surface area contributed by atoms with Crippen LogP contribution in [0, 0.1) is 0 Å². The lowest BCUT2D eigenvalue weighted by atomic mass is 9.98. The van der Waals surface area contributed by atoms with Crippen LogP contribution in [0.25, 0.3) is 0 Å². The van der Waals surface area contributed by atoms with Gasteiger partial charge in [0.05, 0.1) is 14.4 Å². The number of phosphoric ester groups is 1. The number of rotatable bonds is 3. The molecule has 10 heteroatoms. The zero-order valence-corrected chi connectivity index (χ0v) is 8.82. The Labute approximate surface area is 90.1 Å². The summed E-state index contributed by atoms with van der Waals surface area (Å²) in [6.07, 6.45) is -5.16. The van der Waals surface area contributed by atoms with Crippen molar-refractivity contribution in [2.45, 2.75) is 24.1 Å². The molecular weight excluding hydrogens is 247 g/mol. The van der Waals surface area contributed by atoms with Gasteiger partial charge in [-0.2, -0.15) is 0 Å². The zero-order chi connectivity index (χ0) is 12.6. The fraction of sp³-hybridized carbons (Fsp3) is 1.00. The highest BCUT2D eigenvalue weighted by atomic mass is 31.2. The lowest BCUT2D eigenvalue weighted by molar-refractivity contribution is -0.363. The van der Waals surface area contributed by atoms with E-state index < -0.39 is 45.1 Å². The second-order valence-electron chi connectivity index (χ2n) is 3.38. The van der Waals surface area contributed by atoms with E-state index in [0.29, 0.717) is 0 Å². The Morgan fingerprint density at radius 2 is 2.00 bits per heavy atom. The summed E-state index contributed by atoms with van der Waals surface area (Å²) < 4.78 is 18.4. The normalized spacial score (nSPS) is 41.0. The van der Waals surface area contributed by atoms with Gasteiger partial charge in [0.1, 0.15) is 24.9 Å². The third-order valence-corrected chi connectivity index (χ3v) is 2.56. The number of hydrogen-bond donors (Lipinski definition) is 4. The third-order valence-electron chi connectivity index (χ3n) is 2.11. The average molecular weight is 258 g/mol. The van der Waals surface area contributed by atoms with E-state index in [-0.39, 0.29) is 0 Å². The SMILES string of the molecule is O=P([O-])([O-])OC[C@]1(O)OC[C@H](O)C(O)C1O. The molecule has 4 atom stereocenters. The van der Waals surface area contributed by atoms with Crippen LogP contribution in [0.1, 0.15) is 0 Å². The lowest BCUT2D eigenvalue weighted by Crippen LogP contribution is -2.62. The van der Waals surface area contributed by atoms with E-state index in [1.165, 1.54) is 0 Å². The smallest absolute Gasteiger partial charge is 0.219 e. The molecule has 4 N–H and O–H groups in total. The summed E-state index contributed by atoms with van der Waals surface area (Å²) in [5.74, 6) is -2.55. The van der Waals surface area contributed by atoms with E-state index in [0.717, 1.165) is 0 Å². The molecule has 0 aromatic rings. The molecule has 0 bridgehead atoms. The van der Waals surface area contributed by atoms with Crippen LogP contribution in [0.3, 0.4) is 0 Å². The van der Waals surface area contributed by atoms with Gasteiger partial charge in [-0.15, -0.1) is 0 Å². The van der Waals surface area contributed by atoms with Crippen LogP contribution in [0.2, 0.25) is 0 Å². The fourth-order valence-corrected chi connectivity index (χ4v) is 1.53. The predicted octanol–water partition coefficient (Wildman–Crippen LogP) is -4.37. The van der Waals surface area contributed by atoms with Gasteiger partial charge in [0, 0.05) is 0 Å². The second kappa shape index (κ2) is 4.65. The number of ether oxygens (including phenoxy) is 1. The summed E-state index contributed by atoms with van der Waals surface area (Å²) in [5, 5.41) is 37.1. The van der Waals surface area contributed by atoms with Crippen molar-refractivity contribution in [1.82, 2.24) is 0 Å². The Morgan fingerprint density at radius 1 is 1.44 bits per heavy atom. The Bertz CT molecular complexity index is 290. The molecule has 0 spiro atoms. The summed E-state index contributed by atoms with van der Waals surface area (Å²) in [4.78, 5) is 20.3. The van der Waals surface area contributed by atoms with Gasteiger partial charge in [0.15, 0.2) is 0 Å². The zero-order valence-electron chi connectivity index (χ0n) is 7.92. The van der Waals surface area contributed by atoms with Crippen LogP contribution in [-0.4, -0.2) is 57.7 Å². The molecule has 2 unspecified atom stereocenters. The Hall–Kier alpha value is -0.0900. The summed E-state index contributed by atoms with van der Waals surface area (Å²) in [5.41, 5.74) is 0. The minimum absolute atomic E-state index is 0.542. The first-order valence-corrected chi connectivity index (χ1v) is 5.69. The first-order valence-electron chi connectivity index (χ1n) is 4.23. The highest BCUT2D eigenvalue weighted by Crippen LogP contribution is 2.31. The van der Waals surface area contributed by atoms with Gasteiger partial charge in [-0.3, -0.25) is 0 Å². The van der Waals surface area contributed by atoms with Gasteiger partial charge in [0.25, 0.3) is 0 Å². The van der Waals surface area contributed by atoms with Crippen molar-refractivity contribution < 1.29 is 44.0 Å². The molecule has 1 saturated heterocycles. The molecule has 1 heterocycles. The molecule has 0 amide bonds. The molecule has 96 valence electrons. The molecule has 0 radical (unpaired) electrons. The number of aliphatic hydroxyl groups excluding tert-OH is 3. The van der Waals surface area contributed by atoms with E-state index in [9.17, 15) is 29.7 Å². The third kappa shape index (κ3) is 3.20. The Morgan fingerprint density at radius 3 is 2.50 bits per heavy atom. The number of aliphatic hydroxyl groups is 4. The first kappa shape index (κ1) is 14.0. The Kier molecular flexibility index (Phi) is 4.06. The summed E-state index contributed by atoms with van der Waals surface area (Å²) >= 11 is 0. The maximum absolute atomic E-state index is 10.2. The molecular formula is C6H11O9P-2. The van der Waals surface area contributed by atoms with Crippen LogP contribution in [-0.2, 0) is 13.8 Å². The van der Waals surface area contributed by atoms with E-state index in [1.807, 2.05) is 0 Å². The largest absolute Gasteiger partial charge is 0.790 e. The molecule has 1 aliphatic rings. The Balaban J connectivity index is 2.66. The first-order chi connectivity index (χ1) is 7.16. The van der Waals surface area contributed by atoms with Gasteiger partial charge in [0.2, 0.25) is 5.79 Å². The van der Waals surface area contributed by atoms with Crippen LogP contribution in [0.4, 0.5) is 0 Å². The van der Waals surface area contributed by atoms with Crippen molar-refractivity contribution in [3.8, 4) is 0 Å². The molecule has 0 aliphatic carbocycles. The van der Waals surface area contributed by atoms with Gasteiger partial charge in [-0.25, -0.2) is 0 Å². The molecule has 1 rings (SSSR count). The molecule has 9 nitrogen and oxygen atoms in total. The van der Waals surface area contributed by atoms with Crippen LogP contribution in [0.15, 0.2) is 0 Å². The van der Waals surface area contributed by atoms with E-state index in [4.69, 9.17) is 5.11 Å². The molecule has 16 heavy (non-hydrogen) atoms. The minimum Gasteiger partial charge on any atom is -0.790 e. The van der Waals surface area contributed by atoms with Crippen molar-refractivity contribution in [3.63, 3.8) is 0 Å². The molecule has 0 aromatic carbocycles. The van der Waals surface area contributed by atoms with E-state index in [1.54, 1.807) is 0 Å². The second-order valence-corrected chi connectivity index (χ2v) is 4.53. The van der Waals surface area contributed by atoms with Crippen molar-refractivity contribution in [2.75, 3.05) is 13.2 Å². The van der Waals surface area contributed by atoms with Crippen LogP contribution >= 0.6 is 7.82 Å². The topological polar surface area (TPSA) is 163 Å². The lowest BCUT2D eigenvalue weighted by Gasteiger charge is -2.43. The van der Waals surface area contributed by atoms with Gasteiger partial charge in [-0.05, 0) is 0 Å². The van der Waals surface area contributed by atoms with Crippen molar-refractivity contribution >= 4 is 7.82 Å². The highest BCUT2D eigenvalue weighted by molar-refractivity contribution is 7.43. The molecule has 0 saturated carbocycles. The predicted molar refractivity (Wildman–Crippen MR) is 42.5 cm³/mol. The molecule has 0 aromatic heterocycles. The van der Waals surface area contributed by atoms with Crippen molar-refractivity contribution in [1.29, 1.82) is 0 Å². The summed E-state index contributed by atoms with van der Waals surface area (Å²) in [6, 6.07) is 0. The summed E-state index contributed by atoms with van der Waals surface area (Å²) in [6.45, 7) is -1.71. The number of phosphoric acid groups is 1. The number of hydrogen-bond acceptors (Lipinski definition) is 9. The van der Waals surface area contributed by atoms with Crippen LogP contribution in [0.5, 0.6) is 0 Å². The van der Waals surface area contributed by atoms with E-state index in [2.05, 4.69) is 9.26 Å². The highest BCUT2D eigenvalue weighted by Gasteiger charge is 2.48. The summed E-state index contributed by atoms with van der Waals surface area (Å²) in [7, 11) is -5.33. The van der Waals surface area contributed by atoms with E-state index >= 15 is 0 Å². The van der Waals surface area contributed by atoms with Crippen molar-refractivity contribution in [3.05, 3.63) is 0 Å². The molecule has 1 fully saturated rings. The van der Waals surface area contributed by atoms with Gasteiger partial charge >= 0.3 is 0 Å². The van der Waals surface area contributed by atoms with Crippen LogP contribution < -0.4 is 9.79 Å². The maximum atomic E-state index is 10.2. The standard InChI is InChI=1S/C6H13O9P/c7-3-1-14-6(10,5(9)4(3)8)2-15-16(11,12)13/h3-5,7-10H,1-2H2,(H2,11,12,13)/p-2/t3-,4?,5?,6-/m0/s1. The monoisotopic (exact) mass is 258 g/mol. The van der Waals surface area contributed by atoms with Crippen molar-refractivity contribution in [2.24, 2.45) is 0 Å². The van der Waals surface area contributed by atoms with Gasteiger partial charge < -0.3 is 44.0 Å². The maximum Gasteiger partial charge on any atom is 0.219 e. The average Bonchev–Trinajstić information content (AvgIpc) is 2.18. The fourth-order valence-electron chi connectivity index (χ4n) is 1.19.